The van der Waals surface area contributed by atoms with Crippen LogP contribution in [-0.4, -0.2) is 26.6 Å². The van der Waals surface area contributed by atoms with Crippen LogP contribution in [0.4, 0.5) is 0 Å². The number of benzene rings is 3. The van der Waals surface area contributed by atoms with E-state index in [0.717, 1.165) is 5.75 Å². The smallest absolute Gasteiger partial charge is 0.277 e. The molecule has 0 aliphatic heterocycles. The monoisotopic (exact) mass is 380 g/mol. The van der Waals surface area contributed by atoms with Crippen molar-refractivity contribution >= 4 is 0 Å². The van der Waals surface area contributed by atoms with Crippen LogP contribution in [0.5, 0.6) is 28.7 Å². The third kappa shape index (κ3) is 5.33. The van der Waals surface area contributed by atoms with E-state index < -0.39 is 12.4 Å². The average molecular weight is 380 g/mol. The Labute approximate surface area is 165 Å². The molecule has 0 radical (unpaired) electrons. The number of methoxy groups -OCH3 is 2. The Balaban J connectivity index is 1.79. The molecule has 0 amide bonds. The van der Waals surface area contributed by atoms with Gasteiger partial charge in [0, 0.05) is 12.1 Å². The molecule has 0 aromatic heterocycles. The first-order valence-electron chi connectivity index (χ1n) is 9.01. The minimum atomic E-state index is -0.680. The van der Waals surface area contributed by atoms with Crippen LogP contribution in [-0.2, 0) is 0 Å². The topological polar surface area (TPSA) is 46.2 Å². The molecule has 3 aromatic carbocycles. The maximum absolute atomic E-state index is 6.09. The van der Waals surface area contributed by atoms with E-state index in [-0.39, 0.29) is 0 Å². The van der Waals surface area contributed by atoms with E-state index >= 15 is 0 Å². The first-order valence-corrected chi connectivity index (χ1v) is 9.01. The maximum Gasteiger partial charge on any atom is 0.277 e. The summed E-state index contributed by atoms with van der Waals surface area (Å²) >= 11 is 0. The van der Waals surface area contributed by atoms with E-state index in [2.05, 4.69) is 0 Å². The Morgan fingerprint density at radius 3 is 1.57 bits per heavy atom. The fourth-order valence-electron chi connectivity index (χ4n) is 2.60. The third-order valence-corrected chi connectivity index (χ3v) is 4.04. The summed E-state index contributed by atoms with van der Waals surface area (Å²) < 4.78 is 28.7. The predicted molar refractivity (Wildman–Crippen MR) is 108 cm³/mol. The van der Waals surface area contributed by atoms with E-state index in [0.29, 0.717) is 23.0 Å². The molecular formula is C23H24O5. The van der Waals surface area contributed by atoms with Crippen LogP contribution in [0.1, 0.15) is 6.92 Å². The highest BCUT2D eigenvalue weighted by atomic mass is 16.7. The minimum absolute atomic E-state index is 0.404. The van der Waals surface area contributed by atoms with Crippen molar-refractivity contribution in [3.8, 4) is 28.7 Å². The molecule has 0 heterocycles. The Morgan fingerprint density at radius 1 is 0.536 bits per heavy atom. The zero-order valence-electron chi connectivity index (χ0n) is 16.2. The van der Waals surface area contributed by atoms with Gasteiger partial charge in [-0.25, -0.2) is 0 Å². The summed E-state index contributed by atoms with van der Waals surface area (Å²) in [6, 6.07) is 24.3. The number of hydrogen-bond donors (Lipinski definition) is 0. The quantitative estimate of drug-likeness (QED) is 0.491. The molecule has 0 saturated heterocycles. The summed E-state index contributed by atoms with van der Waals surface area (Å²) in [5.74, 6) is 3.41. The molecule has 0 bridgehead atoms. The first kappa shape index (κ1) is 19.4. The lowest BCUT2D eigenvalue weighted by Crippen LogP contribution is -2.39. The Hall–Kier alpha value is -3.34. The summed E-state index contributed by atoms with van der Waals surface area (Å²) in [4.78, 5) is 0. The van der Waals surface area contributed by atoms with Gasteiger partial charge < -0.3 is 23.7 Å². The molecule has 0 fully saturated rings. The summed E-state index contributed by atoms with van der Waals surface area (Å²) in [5, 5.41) is 0. The van der Waals surface area contributed by atoms with Gasteiger partial charge in [0.1, 0.15) is 28.7 Å². The number of ether oxygens (including phenoxy) is 5. The first-order chi connectivity index (χ1) is 13.7. The van der Waals surface area contributed by atoms with E-state index in [1.165, 1.54) is 0 Å². The lowest BCUT2D eigenvalue weighted by Gasteiger charge is -2.26. The SMILES string of the molecule is COc1cccc(OC(C)C(Oc2ccccc2)Oc2cccc(OC)c2)c1. The van der Waals surface area contributed by atoms with Gasteiger partial charge in [0.2, 0.25) is 0 Å². The predicted octanol–water partition coefficient (Wildman–Crippen LogP) is 4.96. The highest BCUT2D eigenvalue weighted by Gasteiger charge is 2.24. The van der Waals surface area contributed by atoms with Gasteiger partial charge in [0.15, 0.2) is 6.10 Å². The average Bonchev–Trinajstić information content (AvgIpc) is 2.74. The molecule has 0 N–H and O–H groups in total. The van der Waals surface area contributed by atoms with Crippen LogP contribution in [0, 0.1) is 0 Å². The van der Waals surface area contributed by atoms with Gasteiger partial charge in [0.05, 0.1) is 14.2 Å². The van der Waals surface area contributed by atoms with Crippen LogP contribution in [0.2, 0.25) is 0 Å². The second kappa shape index (κ2) is 9.55. The second-order valence-electron chi connectivity index (χ2n) is 6.10. The molecule has 5 heteroatoms. The normalized spacial score (nSPS) is 12.5. The maximum atomic E-state index is 6.09. The highest BCUT2D eigenvalue weighted by molar-refractivity contribution is 5.34. The van der Waals surface area contributed by atoms with E-state index in [9.17, 15) is 0 Å². The molecule has 146 valence electrons. The van der Waals surface area contributed by atoms with Gasteiger partial charge in [-0.05, 0) is 43.3 Å². The molecule has 0 saturated carbocycles. The number of hydrogen-bond acceptors (Lipinski definition) is 5. The van der Waals surface area contributed by atoms with E-state index in [1.807, 2.05) is 79.7 Å². The molecule has 3 aromatic rings. The zero-order chi connectivity index (χ0) is 19.8. The van der Waals surface area contributed by atoms with Crippen molar-refractivity contribution in [2.45, 2.75) is 19.3 Å². The number of para-hydroxylation sites is 1. The van der Waals surface area contributed by atoms with Crippen molar-refractivity contribution in [2.75, 3.05) is 14.2 Å². The summed E-state index contributed by atoms with van der Waals surface area (Å²) in [6.45, 7) is 1.90. The van der Waals surface area contributed by atoms with Crippen LogP contribution < -0.4 is 23.7 Å². The van der Waals surface area contributed by atoms with Gasteiger partial charge in [0.25, 0.3) is 6.29 Å². The lowest BCUT2D eigenvalue weighted by atomic mass is 10.3. The van der Waals surface area contributed by atoms with Gasteiger partial charge in [-0.15, -0.1) is 0 Å². The molecule has 2 unspecified atom stereocenters. The van der Waals surface area contributed by atoms with Crippen molar-refractivity contribution < 1.29 is 23.7 Å². The highest BCUT2D eigenvalue weighted by Crippen LogP contribution is 2.25. The fourth-order valence-corrected chi connectivity index (χ4v) is 2.60. The zero-order valence-corrected chi connectivity index (χ0v) is 16.2. The molecule has 0 spiro atoms. The Bertz CT molecular complexity index is 866. The molecule has 28 heavy (non-hydrogen) atoms. The summed E-state index contributed by atoms with van der Waals surface area (Å²) in [5.41, 5.74) is 0. The van der Waals surface area contributed by atoms with Gasteiger partial charge in [-0.1, -0.05) is 30.3 Å². The van der Waals surface area contributed by atoms with Gasteiger partial charge in [-0.3, -0.25) is 0 Å². The molecule has 0 aliphatic rings. The van der Waals surface area contributed by atoms with Crippen molar-refractivity contribution in [1.82, 2.24) is 0 Å². The lowest BCUT2D eigenvalue weighted by molar-refractivity contribution is -0.0676. The second-order valence-corrected chi connectivity index (χ2v) is 6.10. The molecule has 5 nitrogen and oxygen atoms in total. The van der Waals surface area contributed by atoms with Crippen LogP contribution >= 0.6 is 0 Å². The third-order valence-electron chi connectivity index (χ3n) is 4.04. The fraction of sp³-hybridized carbons (Fsp3) is 0.217. The minimum Gasteiger partial charge on any atom is -0.497 e. The summed E-state index contributed by atoms with van der Waals surface area (Å²) in [6.07, 6.45) is -1.08. The van der Waals surface area contributed by atoms with Crippen LogP contribution in [0.15, 0.2) is 78.9 Å². The van der Waals surface area contributed by atoms with Crippen molar-refractivity contribution in [1.29, 1.82) is 0 Å². The number of rotatable bonds is 9. The molecule has 3 rings (SSSR count). The van der Waals surface area contributed by atoms with E-state index in [1.54, 1.807) is 20.3 Å². The van der Waals surface area contributed by atoms with E-state index in [4.69, 9.17) is 23.7 Å². The van der Waals surface area contributed by atoms with Gasteiger partial charge in [-0.2, -0.15) is 0 Å². The van der Waals surface area contributed by atoms with Crippen molar-refractivity contribution in [3.05, 3.63) is 78.9 Å². The molecule has 0 aliphatic carbocycles. The Morgan fingerprint density at radius 2 is 1.00 bits per heavy atom. The largest absolute Gasteiger partial charge is 0.497 e. The van der Waals surface area contributed by atoms with Crippen LogP contribution in [0.25, 0.3) is 0 Å². The Kier molecular flexibility index (Phi) is 6.63. The van der Waals surface area contributed by atoms with Crippen LogP contribution in [0.3, 0.4) is 0 Å². The molecule has 2 atom stereocenters. The van der Waals surface area contributed by atoms with Crippen molar-refractivity contribution in [2.24, 2.45) is 0 Å². The summed E-state index contributed by atoms with van der Waals surface area (Å²) in [7, 11) is 3.24. The standard InChI is InChI=1S/C23H24O5/c1-17(26-21-13-7-11-19(15-21)24-2)23(27-18-9-5-4-6-10-18)28-22-14-8-12-20(16-22)25-3/h4-17,23H,1-3H3. The van der Waals surface area contributed by atoms with Crippen molar-refractivity contribution in [3.63, 3.8) is 0 Å². The van der Waals surface area contributed by atoms with Gasteiger partial charge >= 0.3 is 0 Å². The molecular weight excluding hydrogens is 356 g/mol.